The van der Waals surface area contributed by atoms with Crippen molar-refractivity contribution in [1.29, 1.82) is 0 Å². The number of piperidine rings is 1. The monoisotopic (exact) mass is 731 g/mol. The van der Waals surface area contributed by atoms with E-state index in [2.05, 4.69) is 27.2 Å². The molecule has 0 aromatic carbocycles. The summed E-state index contributed by atoms with van der Waals surface area (Å²) in [4.78, 5) is 69.9. The van der Waals surface area contributed by atoms with Crippen LogP contribution >= 0.6 is 0 Å². The second-order valence-electron chi connectivity index (χ2n) is 18.2. The number of hydrogen-bond acceptors (Lipinski definition) is 7. The lowest BCUT2D eigenvalue weighted by Crippen LogP contribution is -2.64. The third kappa shape index (κ3) is 9.46. The van der Waals surface area contributed by atoms with E-state index in [0.29, 0.717) is 31.8 Å². The van der Waals surface area contributed by atoms with Crippen LogP contribution in [0.4, 0.5) is 4.79 Å². The molecule has 4 aliphatic rings. The second-order valence-corrected chi connectivity index (χ2v) is 20.9. The Hall–Kier alpha value is -3.14. The molecule has 1 heterocycles. The number of hydrogen-bond donors (Lipinski definition) is 4. The molecule has 4 rings (SSSR count). The molecule has 12 nitrogen and oxygen atoms in total. The number of Topliss-reactive ketones (excluding diaryl/α,β-unsaturated/α-hetero) is 1. The number of likely N-dealkylation sites (tertiary alicyclic amines) is 1. The highest BCUT2D eigenvalue weighted by atomic mass is 32.2. The van der Waals surface area contributed by atoms with Crippen molar-refractivity contribution in [3.05, 3.63) is 0 Å². The highest BCUT2D eigenvalue weighted by Gasteiger charge is 2.70. The van der Waals surface area contributed by atoms with Crippen LogP contribution in [0, 0.1) is 40.9 Å². The maximum absolute atomic E-state index is 14.5. The van der Waals surface area contributed by atoms with Crippen LogP contribution in [0.25, 0.3) is 0 Å². The summed E-state index contributed by atoms with van der Waals surface area (Å²) in [5, 5.41) is 11.3. The molecule has 3 saturated carbocycles. The van der Waals surface area contributed by atoms with Crippen LogP contribution in [0.5, 0.6) is 0 Å². The first-order chi connectivity index (χ1) is 23.5. The zero-order valence-corrected chi connectivity index (χ0v) is 32.8. The molecule has 1 unspecified atom stereocenters. The molecule has 3 aliphatic carbocycles. The van der Waals surface area contributed by atoms with Gasteiger partial charge in [0.25, 0.3) is 5.91 Å². The molecule has 1 saturated heterocycles. The number of nitrogens with zero attached hydrogens (tertiary/aromatic N) is 1. The van der Waals surface area contributed by atoms with Gasteiger partial charge in [0.2, 0.25) is 17.6 Å². The fourth-order valence-corrected chi connectivity index (χ4v) is 9.47. The molecule has 4 N–H and O–H groups in total. The van der Waals surface area contributed by atoms with Crippen LogP contribution in [0.2, 0.25) is 0 Å². The van der Waals surface area contributed by atoms with Crippen LogP contribution in [-0.2, 0) is 29.0 Å². The SMILES string of the molecule is C#CCCC(NC(=O)[C@@H]1[C@@H]2[C@H](CN1C(=O)[C@@H](NC(=O)NC1(CS(=O)(=O)C(C)(C)C)CCCCC1)C(C)(C)C)C2(C)C)C(=O)C(=O)NCCC1CC1. The van der Waals surface area contributed by atoms with Crippen LogP contribution < -0.4 is 21.3 Å². The Morgan fingerprint density at radius 1 is 0.961 bits per heavy atom. The summed E-state index contributed by atoms with van der Waals surface area (Å²) >= 11 is 0. The van der Waals surface area contributed by atoms with Gasteiger partial charge in [0, 0.05) is 19.5 Å². The normalized spacial score (nSPS) is 25.0. The molecule has 4 fully saturated rings. The van der Waals surface area contributed by atoms with Gasteiger partial charge in [-0.15, -0.1) is 12.3 Å². The average molecular weight is 732 g/mol. The quantitative estimate of drug-likeness (QED) is 0.157. The van der Waals surface area contributed by atoms with Gasteiger partial charge < -0.3 is 26.2 Å². The third-order valence-corrected chi connectivity index (χ3v) is 14.5. The lowest BCUT2D eigenvalue weighted by molar-refractivity contribution is -0.145. The number of amides is 5. The Morgan fingerprint density at radius 2 is 1.59 bits per heavy atom. The van der Waals surface area contributed by atoms with Gasteiger partial charge >= 0.3 is 6.03 Å². The molecule has 0 spiro atoms. The van der Waals surface area contributed by atoms with E-state index in [-0.39, 0.29) is 35.8 Å². The summed E-state index contributed by atoms with van der Waals surface area (Å²) in [5.74, 6) is 0.199. The zero-order chi connectivity index (χ0) is 38.2. The van der Waals surface area contributed by atoms with Crippen molar-refractivity contribution in [1.82, 2.24) is 26.2 Å². The van der Waals surface area contributed by atoms with Crippen molar-refractivity contribution in [2.75, 3.05) is 18.8 Å². The van der Waals surface area contributed by atoms with E-state index in [1.165, 1.54) is 4.90 Å². The predicted octanol–water partition coefficient (Wildman–Crippen LogP) is 3.48. The van der Waals surface area contributed by atoms with Crippen LogP contribution in [0.1, 0.15) is 120 Å². The molecule has 0 aromatic rings. The summed E-state index contributed by atoms with van der Waals surface area (Å²) < 4.78 is 25.6. The van der Waals surface area contributed by atoms with Gasteiger partial charge in [-0.3, -0.25) is 19.2 Å². The van der Waals surface area contributed by atoms with E-state index in [4.69, 9.17) is 6.42 Å². The number of carbonyl (C=O) groups is 5. The fraction of sp³-hybridized carbons (Fsp3) is 0.816. The van der Waals surface area contributed by atoms with Crippen LogP contribution in [0.3, 0.4) is 0 Å². The van der Waals surface area contributed by atoms with E-state index in [9.17, 15) is 32.4 Å². The van der Waals surface area contributed by atoms with Gasteiger partial charge in [-0.25, -0.2) is 13.2 Å². The topological polar surface area (TPSA) is 171 Å². The number of rotatable bonds is 14. The van der Waals surface area contributed by atoms with Crippen molar-refractivity contribution < 1.29 is 32.4 Å². The fourth-order valence-electron chi connectivity index (χ4n) is 7.95. The first-order valence-electron chi connectivity index (χ1n) is 18.7. The molecule has 0 aromatic heterocycles. The Kier molecular flexibility index (Phi) is 12.0. The Balaban J connectivity index is 1.52. The molecule has 51 heavy (non-hydrogen) atoms. The number of fused-ring (bicyclic) bond motifs is 1. The summed E-state index contributed by atoms with van der Waals surface area (Å²) in [7, 11) is -3.57. The lowest BCUT2D eigenvalue weighted by Gasteiger charge is -2.41. The number of nitrogens with one attached hydrogen (secondary N) is 4. The first-order valence-corrected chi connectivity index (χ1v) is 20.4. The molecule has 13 heteroatoms. The van der Waals surface area contributed by atoms with Gasteiger partial charge in [0.1, 0.15) is 12.1 Å². The average Bonchev–Trinajstić information content (AvgIpc) is 3.88. The van der Waals surface area contributed by atoms with Crippen molar-refractivity contribution in [2.24, 2.45) is 28.6 Å². The zero-order valence-electron chi connectivity index (χ0n) is 31.9. The van der Waals surface area contributed by atoms with Crippen LogP contribution in [-0.4, -0.2) is 90.1 Å². The van der Waals surface area contributed by atoms with Gasteiger partial charge in [-0.1, -0.05) is 66.7 Å². The lowest BCUT2D eigenvalue weighted by atomic mass is 9.83. The minimum absolute atomic E-state index is 0.0327. The summed E-state index contributed by atoms with van der Waals surface area (Å²) in [6, 6.07) is -3.75. The van der Waals surface area contributed by atoms with E-state index < -0.39 is 73.2 Å². The van der Waals surface area contributed by atoms with Gasteiger partial charge in [0.05, 0.1) is 22.1 Å². The number of ketones is 1. The molecule has 5 atom stereocenters. The summed E-state index contributed by atoms with van der Waals surface area (Å²) in [6.45, 7) is 15.2. The molecule has 0 radical (unpaired) electrons. The highest BCUT2D eigenvalue weighted by Crippen LogP contribution is 2.65. The van der Waals surface area contributed by atoms with Crippen LogP contribution in [0.15, 0.2) is 0 Å². The number of terminal acetylenes is 1. The van der Waals surface area contributed by atoms with Crippen molar-refractivity contribution in [3.63, 3.8) is 0 Å². The molecule has 5 amide bonds. The van der Waals surface area contributed by atoms with E-state index in [1.54, 1.807) is 20.8 Å². The summed E-state index contributed by atoms with van der Waals surface area (Å²) in [6.07, 6.45) is 12.3. The minimum atomic E-state index is -3.57. The number of carbonyl (C=O) groups excluding carboxylic acids is 5. The third-order valence-electron chi connectivity index (χ3n) is 11.7. The Labute approximate surface area is 305 Å². The van der Waals surface area contributed by atoms with Gasteiger partial charge in [0.15, 0.2) is 9.84 Å². The maximum Gasteiger partial charge on any atom is 0.315 e. The van der Waals surface area contributed by atoms with E-state index >= 15 is 0 Å². The van der Waals surface area contributed by atoms with Gasteiger partial charge in [-0.05, 0) is 75.0 Å². The van der Waals surface area contributed by atoms with E-state index in [0.717, 1.165) is 38.5 Å². The molecular weight excluding hydrogens is 671 g/mol. The molecule has 286 valence electrons. The smallest absolute Gasteiger partial charge is 0.315 e. The van der Waals surface area contributed by atoms with Crippen molar-refractivity contribution in [3.8, 4) is 12.3 Å². The van der Waals surface area contributed by atoms with Gasteiger partial charge in [-0.2, -0.15) is 0 Å². The standard InChI is InChI=1S/C38H61N5O7S/c1-10-11-15-26(29(44)32(46)39-21-18-24-16-17-24)40-31(45)28-27-25(37(27,8)9)22-43(28)33(47)30(35(2,3)4)41-34(48)42-38(19-13-12-14-20-38)23-51(49,50)36(5,6)7/h1,24-28,30H,11-23H2,2-9H3,(H,39,46)(H,40,45)(H2,41,42,48)/t25-,26?,27-,28-,30+/m0/s1. The molecular formula is C38H61N5O7S. The second kappa shape index (κ2) is 15.1. The van der Waals surface area contributed by atoms with E-state index in [1.807, 2.05) is 34.6 Å². The highest BCUT2D eigenvalue weighted by molar-refractivity contribution is 7.92. The van der Waals surface area contributed by atoms with Crippen molar-refractivity contribution in [2.45, 2.75) is 148 Å². The summed E-state index contributed by atoms with van der Waals surface area (Å²) in [5.41, 5.74) is -1.98. The Morgan fingerprint density at radius 3 is 2.14 bits per heavy atom. The van der Waals surface area contributed by atoms with Crippen molar-refractivity contribution >= 4 is 39.4 Å². The minimum Gasteiger partial charge on any atom is -0.349 e. The largest absolute Gasteiger partial charge is 0.349 e. The predicted molar refractivity (Wildman–Crippen MR) is 196 cm³/mol. The number of urea groups is 1. The first kappa shape index (κ1) is 40.6. The number of sulfone groups is 1. The maximum atomic E-state index is 14.5. The Bertz CT molecular complexity index is 1510. The molecule has 1 aliphatic heterocycles. The molecule has 0 bridgehead atoms.